The number of imide groups is 1. The number of carbonyl (C=O) groups excluding carboxylic acids is 3. The number of hydrogen-bond donors (Lipinski definition) is 3. The fraction of sp³-hybridized carbons (Fsp3) is 0.471. The number of carbonyl (C=O) groups is 3. The topological polar surface area (TPSA) is 105 Å². The number of nitrogens with one attached hydrogen (secondary N) is 2. The number of nitrogens with two attached hydrogens (primary N) is 1. The van der Waals surface area contributed by atoms with E-state index in [2.05, 4.69) is 10.6 Å². The third-order valence-electron chi connectivity index (χ3n) is 5.00. The van der Waals surface area contributed by atoms with E-state index in [1.165, 1.54) is 0 Å². The van der Waals surface area contributed by atoms with Gasteiger partial charge in [-0.3, -0.25) is 19.7 Å². The minimum absolute atomic E-state index is 0.136. The molecule has 4 rings (SSSR count). The highest BCUT2D eigenvalue weighted by atomic mass is 16.2. The van der Waals surface area contributed by atoms with Gasteiger partial charge in [0.15, 0.2) is 0 Å². The summed E-state index contributed by atoms with van der Waals surface area (Å²) >= 11 is 0. The molecular weight excluding hydrogens is 308 g/mol. The summed E-state index contributed by atoms with van der Waals surface area (Å²) in [5, 5.41) is 5.70. The Morgan fingerprint density at radius 3 is 2.79 bits per heavy atom. The SMILES string of the molecule is N[C@@H]1C[C@@H]1NCc1ccc2c(c1)CN(C1CCC(=O)NC1=O)C2=O. The lowest BCUT2D eigenvalue weighted by atomic mass is 10.0. The highest BCUT2D eigenvalue weighted by Gasteiger charge is 2.39. The van der Waals surface area contributed by atoms with Gasteiger partial charge in [-0.2, -0.15) is 0 Å². The smallest absolute Gasteiger partial charge is 0.255 e. The van der Waals surface area contributed by atoms with Crippen molar-refractivity contribution in [3.8, 4) is 0 Å². The Morgan fingerprint density at radius 2 is 2.08 bits per heavy atom. The van der Waals surface area contributed by atoms with Crippen LogP contribution in [0.5, 0.6) is 0 Å². The van der Waals surface area contributed by atoms with Crippen LogP contribution < -0.4 is 16.4 Å². The van der Waals surface area contributed by atoms with Crippen molar-refractivity contribution in [3.63, 3.8) is 0 Å². The Bertz CT molecular complexity index is 733. The molecule has 4 N–H and O–H groups in total. The lowest BCUT2D eigenvalue weighted by Gasteiger charge is -2.29. The highest BCUT2D eigenvalue weighted by molar-refractivity contribution is 6.05. The molecule has 24 heavy (non-hydrogen) atoms. The summed E-state index contributed by atoms with van der Waals surface area (Å²) in [7, 11) is 0. The standard InChI is InChI=1S/C17H20N4O3/c18-12-6-13(12)19-7-9-1-2-11-10(5-9)8-21(17(11)24)14-3-4-15(22)20-16(14)23/h1-2,5,12-14,19H,3-4,6-8,18H2,(H,20,22,23)/t12-,13+,14?/m1/s1. The molecule has 1 unspecified atom stereocenters. The van der Waals surface area contributed by atoms with Crippen molar-refractivity contribution < 1.29 is 14.4 Å². The van der Waals surface area contributed by atoms with Crippen LogP contribution in [0.25, 0.3) is 0 Å². The van der Waals surface area contributed by atoms with Crippen molar-refractivity contribution in [1.82, 2.24) is 15.5 Å². The van der Waals surface area contributed by atoms with Crippen molar-refractivity contribution in [1.29, 1.82) is 0 Å². The molecule has 3 atom stereocenters. The van der Waals surface area contributed by atoms with Gasteiger partial charge in [0.25, 0.3) is 5.91 Å². The lowest BCUT2D eigenvalue weighted by Crippen LogP contribution is -2.52. The number of hydrogen-bond acceptors (Lipinski definition) is 5. The maximum absolute atomic E-state index is 12.6. The zero-order valence-corrected chi connectivity index (χ0v) is 13.2. The van der Waals surface area contributed by atoms with Crippen molar-refractivity contribution in [2.24, 2.45) is 5.73 Å². The summed E-state index contributed by atoms with van der Waals surface area (Å²) in [6, 6.07) is 5.86. The summed E-state index contributed by atoms with van der Waals surface area (Å²) in [5.74, 6) is -0.785. The average Bonchev–Trinajstić information content (AvgIpc) is 3.16. The van der Waals surface area contributed by atoms with Crippen LogP contribution in [0.2, 0.25) is 0 Å². The second kappa shape index (κ2) is 5.68. The zero-order valence-electron chi connectivity index (χ0n) is 13.2. The maximum atomic E-state index is 12.6. The number of piperidine rings is 1. The zero-order chi connectivity index (χ0) is 16.8. The Balaban J connectivity index is 1.47. The van der Waals surface area contributed by atoms with Gasteiger partial charge < -0.3 is 16.0 Å². The summed E-state index contributed by atoms with van der Waals surface area (Å²) in [6.45, 7) is 1.13. The monoisotopic (exact) mass is 328 g/mol. The van der Waals surface area contributed by atoms with Crippen LogP contribution in [0, 0.1) is 0 Å². The van der Waals surface area contributed by atoms with E-state index in [-0.39, 0.29) is 30.2 Å². The molecule has 0 bridgehead atoms. The first kappa shape index (κ1) is 15.3. The molecule has 2 aliphatic heterocycles. The largest absolute Gasteiger partial charge is 0.326 e. The van der Waals surface area contributed by atoms with Crippen LogP contribution in [0.15, 0.2) is 18.2 Å². The molecule has 1 saturated carbocycles. The fourth-order valence-corrected chi connectivity index (χ4v) is 3.44. The van der Waals surface area contributed by atoms with Crippen LogP contribution in [0.4, 0.5) is 0 Å². The molecule has 1 aromatic carbocycles. The molecule has 2 fully saturated rings. The van der Waals surface area contributed by atoms with Crippen LogP contribution in [0.1, 0.15) is 40.7 Å². The van der Waals surface area contributed by atoms with E-state index in [1.54, 1.807) is 4.90 Å². The Labute approximate surface area is 139 Å². The van der Waals surface area contributed by atoms with Gasteiger partial charge in [0.2, 0.25) is 11.8 Å². The summed E-state index contributed by atoms with van der Waals surface area (Å²) < 4.78 is 0. The number of fused-ring (bicyclic) bond motifs is 1. The third-order valence-corrected chi connectivity index (χ3v) is 5.00. The molecule has 0 radical (unpaired) electrons. The van der Waals surface area contributed by atoms with Crippen LogP contribution in [0.3, 0.4) is 0 Å². The van der Waals surface area contributed by atoms with E-state index < -0.39 is 6.04 Å². The summed E-state index contributed by atoms with van der Waals surface area (Å²) in [4.78, 5) is 37.5. The van der Waals surface area contributed by atoms with Gasteiger partial charge >= 0.3 is 0 Å². The van der Waals surface area contributed by atoms with E-state index >= 15 is 0 Å². The van der Waals surface area contributed by atoms with Gasteiger partial charge in [-0.25, -0.2) is 0 Å². The molecule has 1 saturated heterocycles. The summed E-state index contributed by atoms with van der Waals surface area (Å²) in [6.07, 6.45) is 1.67. The van der Waals surface area contributed by atoms with Crippen LogP contribution in [-0.2, 0) is 22.7 Å². The quantitative estimate of drug-likeness (QED) is 0.655. The lowest BCUT2D eigenvalue weighted by molar-refractivity contribution is -0.136. The Hall–Kier alpha value is -2.25. The van der Waals surface area contributed by atoms with E-state index in [1.807, 2.05) is 18.2 Å². The minimum Gasteiger partial charge on any atom is -0.326 e. The van der Waals surface area contributed by atoms with E-state index in [0.717, 1.165) is 24.1 Å². The molecule has 3 aliphatic rings. The number of amides is 3. The molecule has 1 aromatic rings. The molecular formula is C17H20N4O3. The molecule has 3 amide bonds. The molecule has 2 heterocycles. The van der Waals surface area contributed by atoms with Crippen molar-refractivity contribution in [3.05, 3.63) is 34.9 Å². The van der Waals surface area contributed by atoms with E-state index in [4.69, 9.17) is 5.73 Å². The second-order valence-corrected chi connectivity index (χ2v) is 6.78. The predicted molar refractivity (Wildman–Crippen MR) is 85.7 cm³/mol. The Kier molecular flexibility index (Phi) is 3.62. The van der Waals surface area contributed by atoms with E-state index in [9.17, 15) is 14.4 Å². The van der Waals surface area contributed by atoms with Gasteiger partial charge in [-0.1, -0.05) is 12.1 Å². The minimum atomic E-state index is -0.561. The van der Waals surface area contributed by atoms with Gasteiger partial charge in [0.05, 0.1) is 0 Å². The number of rotatable bonds is 4. The first-order chi connectivity index (χ1) is 11.5. The number of benzene rings is 1. The van der Waals surface area contributed by atoms with E-state index in [0.29, 0.717) is 24.6 Å². The molecule has 7 heteroatoms. The molecule has 126 valence electrons. The predicted octanol–water partition coefficient (Wildman–Crippen LogP) is -0.363. The first-order valence-electron chi connectivity index (χ1n) is 8.28. The second-order valence-electron chi connectivity index (χ2n) is 6.78. The molecule has 0 aromatic heterocycles. The van der Waals surface area contributed by atoms with Crippen LogP contribution in [-0.4, -0.2) is 40.7 Å². The molecule has 0 spiro atoms. The molecule has 7 nitrogen and oxygen atoms in total. The highest BCUT2D eigenvalue weighted by Crippen LogP contribution is 2.28. The van der Waals surface area contributed by atoms with Crippen molar-refractivity contribution in [2.45, 2.75) is 50.5 Å². The van der Waals surface area contributed by atoms with Gasteiger partial charge in [0.1, 0.15) is 6.04 Å². The maximum Gasteiger partial charge on any atom is 0.255 e. The summed E-state index contributed by atoms with van der Waals surface area (Å²) in [5.41, 5.74) is 8.47. The van der Waals surface area contributed by atoms with Gasteiger partial charge in [0, 0.05) is 37.2 Å². The van der Waals surface area contributed by atoms with Gasteiger partial charge in [-0.15, -0.1) is 0 Å². The average molecular weight is 328 g/mol. The molecule has 1 aliphatic carbocycles. The third kappa shape index (κ3) is 2.70. The van der Waals surface area contributed by atoms with Crippen molar-refractivity contribution >= 4 is 17.7 Å². The van der Waals surface area contributed by atoms with Crippen molar-refractivity contribution in [2.75, 3.05) is 0 Å². The Morgan fingerprint density at radius 1 is 1.29 bits per heavy atom. The fourth-order valence-electron chi connectivity index (χ4n) is 3.44. The van der Waals surface area contributed by atoms with Crippen LogP contribution >= 0.6 is 0 Å². The normalized spacial score (nSPS) is 28.8. The number of nitrogens with zero attached hydrogens (tertiary/aromatic N) is 1. The van der Waals surface area contributed by atoms with Gasteiger partial charge in [-0.05, 0) is 30.0 Å². The first-order valence-corrected chi connectivity index (χ1v) is 8.28.